The van der Waals surface area contributed by atoms with Crippen LogP contribution in [0.15, 0.2) is 17.0 Å². The molecule has 25 heavy (non-hydrogen) atoms. The van der Waals surface area contributed by atoms with Crippen molar-refractivity contribution in [3.63, 3.8) is 0 Å². The zero-order valence-electron chi connectivity index (χ0n) is 13.8. The molecule has 1 unspecified atom stereocenters. The maximum absolute atomic E-state index is 12.0. The Morgan fingerprint density at radius 1 is 1.24 bits per heavy atom. The minimum atomic E-state index is -0.486. The summed E-state index contributed by atoms with van der Waals surface area (Å²) in [6.45, 7) is 0.741. The Bertz CT molecular complexity index is 778. The fourth-order valence-electron chi connectivity index (χ4n) is 3.46. The van der Waals surface area contributed by atoms with Gasteiger partial charge >= 0.3 is 0 Å². The van der Waals surface area contributed by atoms with Crippen LogP contribution in [0.3, 0.4) is 0 Å². The second-order valence-electron chi connectivity index (χ2n) is 6.66. The zero-order chi connectivity index (χ0) is 17.2. The molecule has 2 aromatic rings. The summed E-state index contributed by atoms with van der Waals surface area (Å²) in [7, 11) is 0. The Morgan fingerprint density at radius 2 is 2.08 bits per heavy atom. The van der Waals surface area contributed by atoms with Crippen molar-refractivity contribution in [3.05, 3.63) is 17.0 Å². The Balaban J connectivity index is 1.48. The third kappa shape index (κ3) is 3.44. The van der Waals surface area contributed by atoms with Gasteiger partial charge in [-0.3, -0.25) is 14.9 Å². The molecule has 2 amide bonds. The molecule has 2 aromatic heterocycles. The van der Waals surface area contributed by atoms with Crippen molar-refractivity contribution in [2.24, 2.45) is 5.92 Å². The van der Waals surface area contributed by atoms with Crippen LogP contribution in [0, 0.1) is 5.92 Å². The van der Waals surface area contributed by atoms with Crippen LogP contribution in [0.1, 0.15) is 44.6 Å². The second kappa shape index (κ2) is 6.95. The summed E-state index contributed by atoms with van der Waals surface area (Å²) in [5.74, 6) is 0.914. The van der Waals surface area contributed by atoms with Gasteiger partial charge in [-0.15, -0.1) is 16.4 Å². The molecule has 0 bridgehead atoms. The molecule has 1 N–H and O–H groups in total. The van der Waals surface area contributed by atoms with Crippen molar-refractivity contribution in [3.8, 4) is 17.0 Å². The van der Waals surface area contributed by atoms with Crippen molar-refractivity contribution >= 4 is 23.2 Å². The van der Waals surface area contributed by atoms with E-state index in [0.717, 1.165) is 17.9 Å². The maximum atomic E-state index is 12.0. The molecule has 3 heterocycles. The standard InChI is InChI=1S/C17H20N4O3S/c22-16-6-5-14(17(23)18-16)21-7-13(19-20-21)12-9-25-10-15(12)24-8-11-3-1-2-4-11/h7,9-11,14H,1-6,8H2,(H,18,22,23). The molecule has 2 fully saturated rings. The fraction of sp³-hybridized carbons (Fsp3) is 0.529. The van der Waals surface area contributed by atoms with E-state index in [-0.39, 0.29) is 11.8 Å². The molecule has 2 aliphatic rings. The number of carbonyl (C=O) groups excluding carboxylic acids is 2. The zero-order valence-corrected chi connectivity index (χ0v) is 14.6. The lowest BCUT2D eigenvalue weighted by atomic mass is 10.1. The molecule has 8 heteroatoms. The van der Waals surface area contributed by atoms with E-state index in [2.05, 4.69) is 15.6 Å². The summed E-state index contributed by atoms with van der Waals surface area (Å²) in [4.78, 5) is 23.2. The van der Waals surface area contributed by atoms with Crippen molar-refractivity contribution in [1.82, 2.24) is 20.3 Å². The van der Waals surface area contributed by atoms with Crippen LogP contribution in [0.5, 0.6) is 5.75 Å². The van der Waals surface area contributed by atoms with Crippen LogP contribution >= 0.6 is 11.3 Å². The van der Waals surface area contributed by atoms with Gasteiger partial charge in [-0.05, 0) is 25.2 Å². The first-order valence-corrected chi connectivity index (χ1v) is 9.60. The van der Waals surface area contributed by atoms with Crippen LogP contribution in [0.2, 0.25) is 0 Å². The number of amides is 2. The molecule has 1 aliphatic heterocycles. The van der Waals surface area contributed by atoms with Crippen LogP contribution in [-0.4, -0.2) is 33.4 Å². The van der Waals surface area contributed by atoms with E-state index in [0.29, 0.717) is 24.5 Å². The van der Waals surface area contributed by atoms with E-state index in [9.17, 15) is 9.59 Å². The first kappa shape index (κ1) is 16.3. The number of hydrogen-bond acceptors (Lipinski definition) is 6. The highest BCUT2D eigenvalue weighted by atomic mass is 32.1. The van der Waals surface area contributed by atoms with Gasteiger partial charge in [0, 0.05) is 17.2 Å². The minimum Gasteiger partial charge on any atom is -0.492 e. The number of thiophene rings is 1. The summed E-state index contributed by atoms with van der Waals surface area (Å²) < 4.78 is 7.55. The van der Waals surface area contributed by atoms with Crippen molar-refractivity contribution in [2.45, 2.75) is 44.6 Å². The van der Waals surface area contributed by atoms with E-state index >= 15 is 0 Å². The number of nitrogens with one attached hydrogen (secondary N) is 1. The highest BCUT2D eigenvalue weighted by Crippen LogP contribution is 2.34. The van der Waals surface area contributed by atoms with Gasteiger partial charge in [-0.2, -0.15) is 0 Å². The quantitative estimate of drug-likeness (QED) is 0.828. The maximum Gasteiger partial charge on any atom is 0.251 e. The molecule has 0 radical (unpaired) electrons. The van der Waals surface area contributed by atoms with Crippen LogP contribution in [0.25, 0.3) is 11.3 Å². The Kier molecular flexibility index (Phi) is 4.52. The number of nitrogens with zero attached hydrogens (tertiary/aromatic N) is 3. The average Bonchev–Trinajstić information content (AvgIpc) is 3.34. The average molecular weight is 360 g/mol. The Morgan fingerprint density at radius 3 is 2.88 bits per heavy atom. The van der Waals surface area contributed by atoms with E-state index in [4.69, 9.17) is 4.74 Å². The number of aromatic nitrogens is 3. The first-order valence-electron chi connectivity index (χ1n) is 8.65. The van der Waals surface area contributed by atoms with E-state index in [1.54, 1.807) is 17.5 Å². The Hall–Kier alpha value is -2.22. The van der Waals surface area contributed by atoms with Gasteiger partial charge in [0.25, 0.3) is 5.91 Å². The molecule has 0 aromatic carbocycles. The van der Waals surface area contributed by atoms with Crippen molar-refractivity contribution in [1.29, 1.82) is 0 Å². The van der Waals surface area contributed by atoms with Crippen LogP contribution < -0.4 is 10.1 Å². The predicted octanol–water partition coefficient (Wildman–Crippen LogP) is 2.55. The number of ether oxygens (including phenoxy) is 1. The van der Waals surface area contributed by atoms with Crippen LogP contribution in [-0.2, 0) is 9.59 Å². The number of piperidine rings is 1. The van der Waals surface area contributed by atoms with E-state index in [1.807, 2.05) is 10.8 Å². The van der Waals surface area contributed by atoms with Gasteiger partial charge < -0.3 is 4.74 Å². The number of carbonyl (C=O) groups is 2. The lowest BCUT2D eigenvalue weighted by Crippen LogP contribution is -2.41. The number of imide groups is 1. The predicted molar refractivity (Wildman–Crippen MR) is 92.2 cm³/mol. The molecule has 4 rings (SSSR count). The number of rotatable bonds is 5. The van der Waals surface area contributed by atoms with Crippen molar-refractivity contribution < 1.29 is 14.3 Å². The Labute approximate surface area is 149 Å². The highest BCUT2D eigenvalue weighted by molar-refractivity contribution is 7.08. The molecule has 1 saturated heterocycles. The van der Waals surface area contributed by atoms with Gasteiger partial charge in [-0.25, -0.2) is 4.68 Å². The SMILES string of the molecule is O=C1CCC(n2cc(-c3cscc3OCC3CCCC3)nn2)C(=O)N1. The lowest BCUT2D eigenvalue weighted by Gasteiger charge is -2.20. The summed E-state index contributed by atoms with van der Waals surface area (Å²) in [5, 5.41) is 14.6. The van der Waals surface area contributed by atoms with Crippen LogP contribution in [0.4, 0.5) is 0 Å². The van der Waals surface area contributed by atoms with Crippen molar-refractivity contribution in [2.75, 3.05) is 6.61 Å². The van der Waals surface area contributed by atoms with Gasteiger partial charge in [0.2, 0.25) is 5.91 Å². The van der Waals surface area contributed by atoms with E-state index < -0.39 is 6.04 Å². The number of hydrogen-bond donors (Lipinski definition) is 1. The highest BCUT2D eigenvalue weighted by Gasteiger charge is 2.29. The van der Waals surface area contributed by atoms with Gasteiger partial charge in [0.15, 0.2) is 0 Å². The molecule has 0 spiro atoms. The van der Waals surface area contributed by atoms with Gasteiger partial charge in [0.1, 0.15) is 17.5 Å². The largest absolute Gasteiger partial charge is 0.492 e. The summed E-state index contributed by atoms with van der Waals surface area (Å²) >= 11 is 1.56. The van der Waals surface area contributed by atoms with E-state index in [1.165, 1.54) is 30.4 Å². The summed E-state index contributed by atoms with van der Waals surface area (Å²) in [5.41, 5.74) is 1.59. The first-order chi connectivity index (χ1) is 12.2. The lowest BCUT2D eigenvalue weighted by molar-refractivity contribution is -0.136. The summed E-state index contributed by atoms with van der Waals surface area (Å²) in [6.07, 6.45) is 7.60. The molecule has 1 aliphatic carbocycles. The molecule has 7 nitrogen and oxygen atoms in total. The normalized spacial score (nSPS) is 21.5. The summed E-state index contributed by atoms with van der Waals surface area (Å²) in [6, 6.07) is -0.486. The smallest absolute Gasteiger partial charge is 0.251 e. The minimum absolute atomic E-state index is 0.234. The fourth-order valence-corrected chi connectivity index (χ4v) is 4.22. The third-order valence-electron chi connectivity index (χ3n) is 4.89. The van der Waals surface area contributed by atoms with Gasteiger partial charge in [-0.1, -0.05) is 18.1 Å². The topological polar surface area (TPSA) is 86.1 Å². The molecular weight excluding hydrogens is 340 g/mol. The third-order valence-corrected chi connectivity index (χ3v) is 5.61. The van der Waals surface area contributed by atoms with Gasteiger partial charge in [0.05, 0.1) is 18.4 Å². The monoisotopic (exact) mass is 360 g/mol. The second-order valence-corrected chi connectivity index (χ2v) is 7.41. The molecule has 1 atom stereocenters. The molecule has 132 valence electrons. The molecular formula is C17H20N4O3S. The molecule has 1 saturated carbocycles.